The van der Waals surface area contributed by atoms with Gasteiger partial charge in [-0.15, -0.1) is 0 Å². The quantitative estimate of drug-likeness (QED) is 0.477. The van der Waals surface area contributed by atoms with Gasteiger partial charge < -0.3 is 15.3 Å². The zero-order valence-electron chi connectivity index (χ0n) is 21.9. The lowest BCUT2D eigenvalue weighted by Crippen LogP contribution is -2.60. The van der Waals surface area contributed by atoms with Crippen molar-refractivity contribution in [3.05, 3.63) is 23.3 Å². The summed E-state index contributed by atoms with van der Waals surface area (Å²) in [6, 6.07) is 0. The Morgan fingerprint density at radius 1 is 1.20 bits per heavy atom. The molecule has 0 unspecified atom stereocenters. The summed E-state index contributed by atoms with van der Waals surface area (Å²) in [6.45, 7) is 13.7. The summed E-state index contributed by atoms with van der Waals surface area (Å²) in [7, 11) is 0. The Kier molecular flexibility index (Phi) is 6.50. The van der Waals surface area contributed by atoms with Gasteiger partial charge in [-0.2, -0.15) is 0 Å². The number of aliphatic hydroxyl groups excluding tert-OH is 1. The first kappa shape index (κ1) is 26.3. The van der Waals surface area contributed by atoms with E-state index in [4.69, 9.17) is 0 Å². The highest BCUT2D eigenvalue weighted by Gasteiger charge is 2.67. The van der Waals surface area contributed by atoms with Gasteiger partial charge in [-0.3, -0.25) is 14.4 Å². The fourth-order valence-corrected chi connectivity index (χ4v) is 8.47. The maximum absolute atomic E-state index is 13.9. The van der Waals surface area contributed by atoms with Gasteiger partial charge in [0, 0.05) is 35.2 Å². The standard InChI is InChI=1S/C29H42O6/c1-15(17(3)26(33)34)7-8-16(2)19-9-12-29(35)25-22(31)13-20-18(4)21(30)10-11-27(20,5)24(25)23(32)14-28(19,29)6/h16-20,22,31,35H,1,7-14H2,2-6H3,(H,33,34)/t16-,17-,18+,19-,20+,22+,27+,28-,29-/m1/s1. The molecule has 35 heavy (non-hydrogen) atoms. The first-order chi connectivity index (χ1) is 16.2. The Morgan fingerprint density at radius 2 is 1.86 bits per heavy atom. The minimum atomic E-state index is -1.25. The fourth-order valence-electron chi connectivity index (χ4n) is 8.47. The molecule has 0 aliphatic heterocycles. The molecule has 6 heteroatoms. The first-order valence-electron chi connectivity index (χ1n) is 13.3. The van der Waals surface area contributed by atoms with Gasteiger partial charge >= 0.3 is 5.97 Å². The molecule has 0 saturated heterocycles. The summed E-state index contributed by atoms with van der Waals surface area (Å²) in [5.74, 6) is -1.32. The van der Waals surface area contributed by atoms with E-state index in [1.165, 1.54) is 0 Å². The predicted molar refractivity (Wildman–Crippen MR) is 132 cm³/mol. The molecule has 3 N–H and O–H groups in total. The Hall–Kier alpha value is -1.79. The van der Waals surface area contributed by atoms with Crippen LogP contribution in [0.2, 0.25) is 0 Å². The summed E-state index contributed by atoms with van der Waals surface area (Å²) in [5, 5.41) is 33.0. The smallest absolute Gasteiger partial charge is 0.310 e. The van der Waals surface area contributed by atoms with Gasteiger partial charge in [0.2, 0.25) is 0 Å². The molecule has 0 radical (unpaired) electrons. The van der Waals surface area contributed by atoms with Gasteiger partial charge in [-0.25, -0.2) is 0 Å². The molecule has 6 nitrogen and oxygen atoms in total. The van der Waals surface area contributed by atoms with E-state index in [9.17, 15) is 29.7 Å². The largest absolute Gasteiger partial charge is 0.481 e. The number of carbonyl (C=O) groups excluding carboxylic acids is 2. The third kappa shape index (κ3) is 3.69. The molecule has 194 valence electrons. The van der Waals surface area contributed by atoms with Crippen LogP contribution < -0.4 is 0 Å². The zero-order valence-corrected chi connectivity index (χ0v) is 21.9. The molecular formula is C29H42O6. The molecule has 2 saturated carbocycles. The molecule has 0 aromatic heterocycles. The van der Waals surface area contributed by atoms with Crippen LogP contribution in [0.3, 0.4) is 0 Å². The average molecular weight is 487 g/mol. The summed E-state index contributed by atoms with van der Waals surface area (Å²) < 4.78 is 0. The lowest BCUT2D eigenvalue weighted by molar-refractivity contribution is -0.142. The van der Waals surface area contributed by atoms with E-state index < -0.39 is 34.4 Å². The van der Waals surface area contributed by atoms with E-state index in [-0.39, 0.29) is 41.7 Å². The van der Waals surface area contributed by atoms with E-state index >= 15 is 0 Å². The van der Waals surface area contributed by atoms with Crippen molar-refractivity contribution < 1.29 is 29.7 Å². The number of allylic oxidation sites excluding steroid dienone is 1. The normalized spacial score (nSPS) is 42.7. The third-order valence-corrected chi connectivity index (χ3v) is 10.9. The summed E-state index contributed by atoms with van der Waals surface area (Å²) in [5.41, 5.74) is -0.603. The SMILES string of the molecule is C=C(CC[C@@H](C)[C@H]1CC[C@@]2(O)C3=C(C(=O)C[C@]12C)[C@@]1(C)CCC(=O)[C@@H](C)[C@@H]1C[C@@H]3O)[C@@H](C)C(=O)O. The van der Waals surface area contributed by atoms with Gasteiger partial charge in [-0.05, 0) is 68.8 Å². The lowest BCUT2D eigenvalue weighted by Gasteiger charge is -2.58. The average Bonchev–Trinajstić information content (AvgIpc) is 3.06. The molecule has 2 fully saturated rings. The minimum Gasteiger partial charge on any atom is -0.481 e. The Bertz CT molecular complexity index is 995. The fraction of sp³-hybridized carbons (Fsp3) is 0.759. The van der Waals surface area contributed by atoms with E-state index in [1.807, 2.05) is 13.8 Å². The van der Waals surface area contributed by atoms with Crippen molar-refractivity contribution in [2.75, 3.05) is 0 Å². The number of hydrogen-bond acceptors (Lipinski definition) is 5. The molecular weight excluding hydrogens is 444 g/mol. The molecule has 0 bridgehead atoms. The topological polar surface area (TPSA) is 112 Å². The molecule has 4 rings (SSSR count). The number of rotatable bonds is 6. The number of carboxylic acid groups (broad SMARTS) is 1. The summed E-state index contributed by atoms with van der Waals surface area (Å²) >= 11 is 0. The van der Waals surface area contributed by atoms with Gasteiger partial charge in [0.25, 0.3) is 0 Å². The maximum Gasteiger partial charge on any atom is 0.310 e. The number of fused-ring (bicyclic) bond motifs is 4. The number of ketones is 2. The van der Waals surface area contributed by atoms with E-state index in [1.54, 1.807) is 6.92 Å². The van der Waals surface area contributed by atoms with Crippen LogP contribution in [0, 0.1) is 40.4 Å². The number of aliphatic carboxylic acids is 1. The van der Waals surface area contributed by atoms with Crippen LogP contribution in [0.1, 0.15) is 86.0 Å². The van der Waals surface area contributed by atoms with Crippen molar-refractivity contribution >= 4 is 17.5 Å². The van der Waals surface area contributed by atoms with E-state index in [0.29, 0.717) is 48.8 Å². The second-order valence-electron chi connectivity index (χ2n) is 12.6. The molecule has 0 amide bonds. The highest BCUT2D eigenvalue weighted by atomic mass is 16.4. The molecule has 0 aromatic carbocycles. The van der Waals surface area contributed by atoms with Crippen LogP contribution in [0.15, 0.2) is 23.3 Å². The molecule has 4 aliphatic rings. The second kappa shape index (κ2) is 8.65. The van der Waals surface area contributed by atoms with Crippen LogP contribution >= 0.6 is 0 Å². The van der Waals surface area contributed by atoms with Crippen molar-refractivity contribution in [2.24, 2.45) is 40.4 Å². The van der Waals surface area contributed by atoms with Crippen molar-refractivity contribution in [1.82, 2.24) is 0 Å². The van der Waals surface area contributed by atoms with Crippen LogP contribution in [0.25, 0.3) is 0 Å². The summed E-state index contributed by atoms with van der Waals surface area (Å²) in [6.07, 6.45) is 3.34. The number of hydrogen-bond donors (Lipinski definition) is 3. The number of carbonyl (C=O) groups is 3. The Morgan fingerprint density at radius 3 is 2.49 bits per heavy atom. The Balaban J connectivity index is 1.66. The highest BCUT2D eigenvalue weighted by Crippen LogP contribution is 2.67. The highest BCUT2D eigenvalue weighted by molar-refractivity contribution is 6.01. The zero-order chi connectivity index (χ0) is 26.1. The second-order valence-corrected chi connectivity index (χ2v) is 12.6. The predicted octanol–water partition coefficient (Wildman–Crippen LogP) is 4.48. The van der Waals surface area contributed by atoms with Gasteiger partial charge in [0.15, 0.2) is 5.78 Å². The van der Waals surface area contributed by atoms with Crippen LogP contribution in [-0.2, 0) is 14.4 Å². The van der Waals surface area contributed by atoms with Crippen molar-refractivity contribution in [3.63, 3.8) is 0 Å². The Labute approximate surface area is 208 Å². The molecule has 0 aromatic rings. The molecule has 4 aliphatic carbocycles. The minimum absolute atomic E-state index is 0.0167. The number of Topliss-reactive ketones (excluding diaryl/α,β-unsaturated/α-hetero) is 2. The van der Waals surface area contributed by atoms with E-state index in [0.717, 1.165) is 12.8 Å². The van der Waals surface area contributed by atoms with Crippen molar-refractivity contribution in [2.45, 2.75) is 97.7 Å². The third-order valence-electron chi connectivity index (χ3n) is 10.9. The first-order valence-corrected chi connectivity index (χ1v) is 13.3. The van der Waals surface area contributed by atoms with Gasteiger partial charge in [0.1, 0.15) is 5.78 Å². The van der Waals surface area contributed by atoms with Crippen LogP contribution in [-0.4, -0.2) is 44.6 Å². The monoisotopic (exact) mass is 486 g/mol. The number of aliphatic hydroxyl groups is 2. The maximum atomic E-state index is 13.9. The van der Waals surface area contributed by atoms with Gasteiger partial charge in [-0.1, -0.05) is 39.8 Å². The molecule has 9 atom stereocenters. The lowest BCUT2D eigenvalue weighted by atomic mass is 9.47. The van der Waals surface area contributed by atoms with Crippen molar-refractivity contribution in [1.29, 1.82) is 0 Å². The van der Waals surface area contributed by atoms with Crippen molar-refractivity contribution in [3.8, 4) is 0 Å². The van der Waals surface area contributed by atoms with Crippen LogP contribution in [0.4, 0.5) is 0 Å². The molecule has 0 spiro atoms. The van der Waals surface area contributed by atoms with Gasteiger partial charge in [0.05, 0.1) is 17.6 Å². The molecule has 0 heterocycles. The van der Waals surface area contributed by atoms with Crippen LogP contribution in [0.5, 0.6) is 0 Å². The number of carboxylic acids is 1. The summed E-state index contributed by atoms with van der Waals surface area (Å²) in [4.78, 5) is 37.6. The van der Waals surface area contributed by atoms with E-state index in [2.05, 4.69) is 20.4 Å².